The Labute approximate surface area is 183 Å². The lowest BCUT2D eigenvalue weighted by Gasteiger charge is -2.23. The highest BCUT2D eigenvalue weighted by molar-refractivity contribution is 8.13. The molecular formula is C23H30N4O2S. The average molecular weight is 427 g/mol. The largest absolute Gasteiger partial charge is 0.444 e. The number of rotatable bonds is 4. The highest BCUT2D eigenvalue weighted by Crippen LogP contribution is 2.28. The van der Waals surface area contributed by atoms with Gasteiger partial charge >= 0.3 is 6.09 Å². The van der Waals surface area contributed by atoms with Crippen molar-refractivity contribution in [2.75, 3.05) is 5.75 Å². The van der Waals surface area contributed by atoms with Gasteiger partial charge < -0.3 is 4.74 Å². The number of carbonyl (C=O) groups is 1. The van der Waals surface area contributed by atoms with Gasteiger partial charge in [-0.2, -0.15) is 0 Å². The number of nitrogens with one attached hydrogen (secondary N) is 1. The maximum atomic E-state index is 12.0. The molecule has 0 radical (unpaired) electrons. The molecule has 1 amide bonds. The van der Waals surface area contributed by atoms with Gasteiger partial charge in [0.25, 0.3) is 0 Å². The van der Waals surface area contributed by atoms with E-state index >= 15 is 0 Å². The smallest absolute Gasteiger partial charge is 0.413 e. The lowest BCUT2D eigenvalue weighted by atomic mass is 9.93. The van der Waals surface area contributed by atoms with E-state index in [1.807, 2.05) is 33.2 Å². The second kappa shape index (κ2) is 9.60. The summed E-state index contributed by atoms with van der Waals surface area (Å²) in [6, 6.07) is 4.68. The van der Waals surface area contributed by atoms with E-state index in [0.29, 0.717) is 5.17 Å². The summed E-state index contributed by atoms with van der Waals surface area (Å²) >= 11 is 1.57. The number of hydrogen-bond acceptors (Lipinski definition) is 6. The summed E-state index contributed by atoms with van der Waals surface area (Å²) < 4.78 is 5.33. The number of thioether (sulfide) groups is 1. The Hall–Kier alpha value is -2.41. The molecule has 1 N–H and O–H groups in total. The van der Waals surface area contributed by atoms with Crippen molar-refractivity contribution in [1.29, 1.82) is 0 Å². The van der Waals surface area contributed by atoms with Gasteiger partial charge in [-0.05, 0) is 76.1 Å². The minimum absolute atomic E-state index is 0.195. The SMILES string of the molecule is Cc1cc(C)c(-c2cncnc2)cc1CC[C@H]1CCSC(NC(=O)OC(C)(C)C)=N1. The second-order valence-corrected chi connectivity index (χ2v) is 9.70. The van der Waals surface area contributed by atoms with Crippen molar-refractivity contribution in [3.8, 4) is 11.1 Å². The number of hydrogen-bond donors (Lipinski definition) is 1. The summed E-state index contributed by atoms with van der Waals surface area (Å²) in [7, 11) is 0. The Morgan fingerprint density at radius 3 is 2.63 bits per heavy atom. The summed E-state index contributed by atoms with van der Waals surface area (Å²) in [6.07, 6.45) is 7.69. The third-order valence-corrected chi connectivity index (χ3v) is 5.82. The van der Waals surface area contributed by atoms with Crippen LogP contribution in [-0.4, -0.2) is 38.6 Å². The molecule has 0 spiro atoms. The van der Waals surface area contributed by atoms with Gasteiger partial charge in [-0.3, -0.25) is 10.3 Å². The Morgan fingerprint density at radius 1 is 1.20 bits per heavy atom. The van der Waals surface area contributed by atoms with E-state index in [1.54, 1.807) is 18.1 Å². The Morgan fingerprint density at radius 2 is 1.93 bits per heavy atom. The summed E-state index contributed by atoms with van der Waals surface area (Å²) in [5.74, 6) is 0.943. The molecule has 0 unspecified atom stereocenters. The van der Waals surface area contributed by atoms with Crippen molar-refractivity contribution in [3.05, 3.63) is 47.5 Å². The van der Waals surface area contributed by atoms with Crippen molar-refractivity contribution in [2.24, 2.45) is 4.99 Å². The maximum Gasteiger partial charge on any atom is 0.413 e. The third kappa shape index (κ3) is 6.29. The van der Waals surface area contributed by atoms with E-state index in [0.717, 1.165) is 30.6 Å². The summed E-state index contributed by atoms with van der Waals surface area (Å²) in [4.78, 5) is 25.1. The van der Waals surface area contributed by atoms with Crippen LogP contribution in [0.2, 0.25) is 0 Å². The van der Waals surface area contributed by atoms with Crippen molar-refractivity contribution in [2.45, 2.75) is 65.5 Å². The first-order valence-corrected chi connectivity index (χ1v) is 11.3. The van der Waals surface area contributed by atoms with Crippen LogP contribution in [0.4, 0.5) is 4.79 Å². The molecule has 0 aliphatic carbocycles. The molecule has 1 atom stereocenters. The van der Waals surface area contributed by atoms with Crippen LogP contribution >= 0.6 is 11.8 Å². The highest BCUT2D eigenvalue weighted by Gasteiger charge is 2.21. The van der Waals surface area contributed by atoms with Crippen LogP contribution in [0.3, 0.4) is 0 Å². The molecule has 3 rings (SSSR count). The van der Waals surface area contributed by atoms with E-state index in [4.69, 9.17) is 9.73 Å². The maximum absolute atomic E-state index is 12.0. The number of alkyl carbamates (subject to hydrolysis) is 1. The molecule has 6 nitrogen and oxygen atoms in total. The quantitative estimate of drug-likeness (QED) is 0.738. The van der Waals surface area contributed by atoms with Crippen LogP contribution in [0.5, 0.6) is 0 Å². The number of amides is 1. The van der Waals surface area contributed by atoms with E-state index in [9.17, 15) is 4.79 Å². The van der Waals surface area contributed by atoms with Crippen LogP contribution < -0.4 is 5.32 Å². The summed E-state index contributed by atoms with van der Waals surface area (Å²) in [6.45, 7) is 9.83. The van der Waals surface area contributed by atoms with Crippen molar-refractivity contribution < 1.29 is 9.53 Å². The molecule has 0 fully saturated rings. The lowest BCUT2D eigenvalue weighted by Crippen LogP contribution is -2.37. The Bertz CT molecular complexity index is 923. The summed E-state index contributed by atoms with van der Waals surface area (Å²) in [5.41, 5.74) is 5.51. The number of benzene rings is 1. The van der Waals surface area contributed by atoms with Crippen molar-refractivity contribution in [3.63, 3.8) is 0 Å². The van der Waals surface area contributed by atoms with Crippen LogP contribution in [0.1, 0.15) is 50.3 Å². The van der Waals surface area contributed by atoms with E-state index < -0.39 is 11.7 Å². The van der Waals surface area contributed by atoms with E-state index in [-0.39, 0.29) is 6.04 Å². The normalized spacial score (nSPS) is 16.7. The van der Waals surface area contributed by atoms with Crippen LogP contribution in [-0.2, 0) is 11.2 Å². The molecule has 30 heavy (non-hydrogen) atoms. The van der Waals surface area contributed by atoms with Gasteiger partial charge in [-0.1, -0.05) is 23.9 Å². The van der Waals surface area contributed by atoms with Crippen LogP contribution in [0.25, 0.3) is 11.1 Å². The zero-order valence-corrected chi connectivity index (χ0v) is 19.2. The monoisotopic (exact) mass is 426 g/mol. The zero-order chi connectivity index (χ0) is 21.7. The lowest BCUT2D eigenvalue weighted by molar-refractivity contribution is 0.0564. The number of aliphatic imine (C=N–C) groups is 1. The van der Waals surface area contributed by atoms with Gasteiger partial charge in [-0.25, -0.2) is 14.8 Å². The van der Waals surface area contributed by atoms with Gasteiger partial charge in [0.15, 0.2) is 5.17 Å². The van der Waals surface area contributed by atoms with Gasteiger partial charge in [0.1, 0.15) is 11.9 Å². The molecule has 0 saturated carbocycles. The van der Waals surface area contributed by atoms with Gasteiger partial charge in [0.2, 0.25) is 0 Å². The first-order valence-electron chi connectivity index (χ1n) is 10.3. The molecule has 0 bridgehead atoms. The standard InChI is InChI=1S/C23H30N4O2S/c1-15-10-16(2)20(18-12-24-14-25-13-18)11-17(15)6-7-19-8-9-30-21(26-19)27-22(28)29-23(3,4)5/h10-14,19H,6-9H2,1-5H3,(H,26,27,28)/t19-/m0/s1. The summed E-state index contributed by atoms with van der Waals surface area (Å²) in [5, 5.41) is 3.45. The zero-order valence-electron chi connectivity index (χ0n) is 18.4. The van der Waals surface area contributed by atoms with Crippen molar-refractivity contribution in [1.82, 2.24) is 15.3 Å². The topological polar surface area (TPSA) is 76.5 Å². The molecule has 1 aliphatic heterocycles. The fourth-order valence-electron chi connectivity index (χ4n) is 3.47. The van der Waals surface area contributed by atoms with E-state index in [2.05, 4.69) is 41.3 Å². The third-order valence-electron chi connectivity index (χ3n) is 4.90. The predicted molar refractivity (Wildman–Crippen MR) is 123 cm³/mol. The fraction of sp³-hybridized carbons (Fsp3) is 0.478. The molecule has 160 valence electrons. The molecular weight excluding hydrogens is 396 g/mol. The Kier molecular flexibility index (Phi) is 7.13. The first-order chi connectivity index (χ1) is 14.2. The van der Waals surface area contributed by atoms with Crippen LogP contribution in [0.15, 0.2) is 35.8 Å². The molecule has 0 saturated heterocycles. The number of nitrogens with zero attached hydrogens (tertiary/aromatic N) is 3. The van der Waals surface area contributed by atoms with Gasteiger partial charge in [0.05, 0.1) is 6.04 Å². The second-order valence-electron chi connectivity index (χ2n) is 8.61. The number of aromatic nitrogens is 2. The molecule has 7 heteroatoms. The number of carbonyl (C=O) groups excluding carboxylic acids is 1. The number of amidine groups is 1. The predicted octanol–water partition coefficient (Wildman–Crippen LogP) is 5.08. The van der Waals surface area contributed by atoms with Gasteiger partial charge in [0, 0.05) is 23.7 Å². The minimum atomic E-state index is -0.520. The fourth-order valence-corrected chi connectivity index (χ4v) is 4.43. The highest BCUT2D eigenvalue weighted by atomic mass is 32.2. The number of aryl methyl sites for hydroxylation is 3. The minimum Gasteiger partial charge on any atom is -0.444 e. The molecule has 2 aromatic rings. The van der Waals surface area contributed by atoms with Gasteiger partial charge in [-0.15, -0.1) is 0 Å². The number of ether oxygens (including phenoxy) is 1. The molecule has 1 aromatic carbocycles. The molecule has 1 aliphatic rings. The molecule has 1 aromatic heterocycles. The van der Waals surface area contributed by atoms with Crippen LogP contribution in [0, 0.1) is 13.8 Å². The Balaban J connectivity index is 1.67. The van der Waals surface area contributed by atoms with E-state index in [1.165, 1.54) is 22.3 Å². The molecule has 2 heterocycles. The van der Waals surface area contributed by atoms with Crippen molar-refractivity contribution >= 4 is 23.0 Å². The average Bonchev–Trinajstić information content (AvgIpc) is 2.67. The first kappa shape index (κ1) is 22.3.